The number of nitrogens with zero attached hydrogens (tertiary/aromatic N) is 3. The number of hydrogen-bond acceptors (Lipinski definition) is 8. The van der Waals surface area contributed by atoms with Gasteiger partial charge in [-0.3, -0.25) is 9.48 Å². The summed E-state index contributed by atoms with van der Waals surface area (Å²) in [5.41, 5.74) is -4.31. The molecule has 0 aliphatic heterocycles. The highest BCUT2D eigenvalue weighted by Crippen LogP contribution is 2.40. The van der Waals surface area contributed by atoms with Crippen LogP contribution < -0.4 is 15.4 Å². The smallest absolute Gasteiger partial charge is 0.410 e. The maximum absolute atomic E-state index is 13.3. The summed E-state index contributed by atoms with van der Waals surface area (Å²) in [6.45, 7) is -0.147. The molecule has 0 aromatic carbocycles. The first kappa shape index (κ1) is 32.8. The topological polar surface area (TPSA) is 135 Å². The van der Waals surface area contributed by atoms with Crippen molar-refractivity contribution in [1.82, 2.24) is 20.1 Å². The molecule has 2 aromatic heterocycles. The lowest BCUT2D eigenvalue weighted by Gasteiger charge is -2.35. The molecule has 230 valence electrons. The Balaban J connectivity index is 1.89. The third-order valence-corrected chi connectivity index (χ3v) is 8.98. The lowest BCUT2D eigenvalue weighted by atomic mass is 9.84. The minimum Gasteiger partial charge on any atom is -0.434 e. The molecule has 1 saturated carbocycles. The zero-order valence-electron chi connectivity index (χ0n) is 22.6. The monoisotopic (exact) mass is 631 g/mol. The minimum atomic E-state index is -4.69. The molecule has 0 saturated heterocycles. The summed E-state index contributed by atoms with van der Waals surface area (Å²) in [5, 5.41) is 18.8. The quantitative estimate of drug-likeness (QED) is 0.328. The van der Waals surface area contributed by atoms with Crippen molar-refractivity contribution in [3.05, 3.63) is 23.0 Å². The summed E-state index contributed by atoms with van der Waals surface area (Å²) in [7, 11) is -3.26. The third-order valence-electron chi connectivity index (χ3n) is 6.94. The van der Waals surface area contributed by atoms with Gasteiger partial charge in [-0.2, -0.15) is 27.1 Å². The van der Waals surface area contributed by atoms with E-state index in [9.17, 15) is 40.3 Å². The van der Waals surface area contributed by atoms with Gasteiger partial charge in [0.2, 0.25) is 0 Å². The largest absolute Gasteiger partial charge is 0.434 e. The standard InChI is InChI=1S/C24H31ClF5N5O5S/c1-5-35-19(14-11-31-16(10-15(14)40-21(26)27)33-22(2,3)24(28,29)30)17(25)18(34-35)20(36)32-12-23(37)8-6-13(7-9-23)41(4,38)39/h10-11,13,21,37H,5-9,12H2,1-4H3,(H,31,33)(H,32,36)/t13-,23+. The average molecular weight is 632 g/mol. The number of sulfone groups is 1. The van der Waals surface area contributed by atoms with Gasteiger partial charge in [-0.1, -0.05) is 11.6 Å². The summed E-state index contributed by atoms with van der Waals surface area (Å²) < 4.78 is 95.9. The molecule has 0 spiro atoms. The van der Waals surface area contributed by atoms with Crippen LogP contribution in [0.4, 0.5) is 27.8 Å². The van der Waals surface area contributed by atoms with Crippen molar-refractivity contribution in [2.75, 3.05) is 18.1 Å². The Morgan fingerprint density at radius 3 is 2.41 bits per heavy atom. The maximum Gasteiger partial charge on any atom is 0.410 e. The van der Waals surface area contributed by atoms with Gasteiger partial charge in [0.05, 0.1) is 27.1 Å². The van der Waals surface area contributed by atoms with Crippen LogP contribution in [-0.4, -0.2) is 76.2 Å². The Morgan fingerprint density at radius 2 is 1.90 bits per heavy atom. The van der Waals surface area contributed by atoms with Crippen LogP contribution in [0.2, 0.25) is 5.02 Å². The van der Waals surface area contributed by atoms with Crippen molar-refractivity contribution in [3.63, 3.8) is 0 Å². The van der Waals surface area contributed by atoms with Crippen LogP contribution in [0.15, 0.2) is 12.3 Å². The van der Waals surface area contributed by atoms with Crippen molar-refractivity contribution in [3.8, 4) is 17.0 Å². The molecule has 3 N–H and O–H groups in total. The van der Waals surface area contributed by atoms with E-state index in [4.69, 9.17) is 11.6 Å². The number of pyridine rings is 1. The highest BCUT2D eigenvalue weighted by molar-refractivity contribution is 7.91. The molecular weight excluding hydrogens is 601 g/mol. The Hall–Kier alpha value is -2.72. The van der Waals surface area contributed by atoms with Crippen LogP contribution in [0, 0.1) is 0 Å². The normalized spacial score (nSPS) is 20.2. The number of hydrogen-bond donors (Lipinski definition) is 3. The number of alkyl halides is 5. The van der Waals surface area contributed by atoms with Crippen molar-refractivity contribution in [1.29, 1.82) is 0 Å². The number of ether oxygens (including phenoxy) is 1. The number of rotatable bonds is 10. The molecule has 17 heteroatoms. The zero-order valence-corrected chi connectivity index (χ0v) is 24.2. The van der Waals surface area contributed by atoms with E-state index >= 15 is 0 Å². The van der Waals surface area contributed by atoms with Crippen LogP contribution in [0.25, 0.3) is 11.3 Å². The SMILES string of the molecule is CCn1nc(C(=O)NC[C@]2(O)CC[C@@H](S(C)(=O)=O)CC2)c(Cl)c1-c1cnc(NC(C)(C)C(F)(F)F)cc1OC(F)F. The molecule has 3 rings (SSSR count). The highest BCUT2D eigenvalue weighted by atomic mass is 35.5. The van der Waals surface area contributed by atoms with Gasteiger partial charge in [-0.25, -0.2) is 13.4 Å². The van der Waals surface area contributed by atoms with Gasteiger partial charge >= 0.3 is 12.8 Å². The average Bonchev–Trinajstić information content (AvgIpc) is 3.17. The second-order valence-electron chi connectivity index (χ2n) is 10.5. The minimum absolute atomic E-state index is 0.0449. The van der Waals surface area contributed by atoms with Crippen LogP contribution in [0.1, 0.15) is 56.9 Å². The number of aromatic nitrogens is 3. The predicted molar refractivity (Wildman–Crippen MR) is 141 cm³/mol. The van der Waals surface area contributed by atoms with E-state index < -0.39 is 56.5 Å². The number of nitrogens with one attached hydrogen (secondary N) is 2. The van der Waals surface area contributed by atoms with E-state index in [0.29, 0.717) is 0 Å². The van der Waals surface area contributed by atoms with Gasteiger partial charge in [0.25, 0.3) is 5.91 Å². The summed E-state index contributed by atoms with van der Waals surface area (Å²) in [6, 6.07) is 0.862. The molecule has 41 heavy (non-hydrogen) atoms. The van der Waals surface area contributed by atoms with Gasteiger partial charge in [-0.15, -0.1) is 0 Å². The van der Waals surface area contributed by atoms with Crippen LogP contribution in [0.5, 0.6) is 5.75 Å². The van der Waals surface area contributed by atoms with E-state index in [1.807, 2.05) is 0 Å². The number of aryl methyl sites for hydroxylation is 1. The summed E-state index contributed by atoms with van der Waals surface area (Å²) in [6.07, 6.45) is -1.85. The van der Waals surface area contributed by atoms with Crippen molar-refractivity contribution >= 4 is 33.2 Å². The lowest BCUT2D eigenvalue weighted by Crippen LogP contribution is -2.47. The highest BCUT2D eigenvalue weighted by Gasteiger charge is 2.47. The Labute approximate surface area is 238 Å². The summed E-state index contributed by atoms with van der Waals surface area (Å²) in [4.78, 5) is 16.9. The van der Waals surface area contributed by atoms with E-state index in [2.05, 4.69) is 25.5 Å². The molecule has 0 radical (unpaired) electrons. The van der Waals surface area contributed by atoms with Crippen molar-refractivity contribution in [2.24, 2.45) is 0 Å². The maximum atomic E-state index is 13.3. The number of halogens is 6. The van der Waals surface area contributed by atoms with Crippen LogP contribution in [0.3, 0.4) is 0 Å². The molecular formula is C24H31ClF5N5O5S. The number of anilines is 1. The van der Waals surface area contributed by atoms with E-state index in [1.165, 1.54) is 4.68 Å². The predicted octanol–water partition coefficient (Wildman–Crippen LogP) is 4.42. The Kier molecular flexibility index (Phi) is 9.50. The molecule has 0 unspecified atom stereocenters. The van der Waals surface area contributed by atoms with Gasteiger partial charge in [0.15, 0.2) is 5.69 Å². The molecule has 1 aliphatic rings. The second kappa shape index (κ2) is 11.9. The van der Waals surface area contributed by atoms with Gasteiger partial charge in [0.1, 0.15) is 26.9 Å². The van der Waals surface area contributed by atoms with E-state index in [-0.39, 0.29) is 60.7 Å². The molecule has 2 heterocycles. The first-order valence-corrected chi connectivity index (χ1v) is 14.9. The first-order valence-electron chi connectivity index (χ1n) is 12.5. The molecule has 2 aromatic rings. The van der Waals surface area contributed by atoms with Gasteiger partial charge in [-0.05, 0) is 46.5 Å². The van der Waals surface area contributed by atoms with Gasteiger partial charge < -0.3 is 20.5 Å². The molecule has 1 fully saturated rings. The molecule has 0 atom stereocenters. The third kappa shape index (κ3) is 7.57. The zero-order chi connectivity index (χ0) is 31.0. The summed E-state index contributed by atoms with van der Waals surface area (Å²) in [5.74, 6) is -1.75. The molecule has 1 aliphatic carbocycles. The van der Waals surface area contributed by atoms with Crippen molar-refractivity contribution < 1.29 is 45.0 Å². The fourth-order valence-corrected chi connectivity index (χ4v) is 5.82. The number of amides is 1. The van der Waals surface area contributed by atoms with Crippen LogP contribution >= 0.6 is 11.6 Å². The summed E-state index contributed by atoms with van der Waals surface area (Å²) >= 11 is 6.47. The number of carbonyl (C=O) groups excluding carboxylic acids is 1. The van der Waals surface area contributed by atoms with E-state index in [0.717, 1.165) is 32.4 Å². The first-order chi connectivity index (χ1) is 18.8. The van der Waals surface area contributed by atoms with Crippen molar-refractivity contribution in [2.45, 2.75) is 82.2 Å². The molecule has 0 bridgehead atoms. The van der Waals surface area contributed by atoms with Gasteiger partial charge in [0, 0.05) is 31.6 Å². The second-order valence-corrected chi connectivity index (χ2v) is 13.2. The lowest BCUT2D eigenvalue weighted by molar-refractivity contribution is -0.168. The number of aliphatic hydroxyl groups is 1. The van der Waals surface area contributed by atoms with Crippen LogP contribution in [-0.2, 0) is 16.4 Å². The Bertz CT molecular complexity index is 1380. The number of carbonyl (C=O) groups is 1. The van der Waals surface area contributed by atoms with E-state index in [1.54, 1.807) is 6.92 Å². The fraction of sp³-hybridized carbons (Fsp3) is 0.625. The molecule has 10 nitrogen and oxygen atoms in total. The Morgan fingerprint density at radius 1 is 1.29 bits per heavy atom. The molecule has 1 amide bonds. The fourth-order valence-electron chi connectivity index (χ4n) is 4.40.